The fourth-order valence-electron chi connectivity index (χ4n) is 2.32. The first-order chi connectivity index (χ1) is 7.95. The first-order valence-electron chi connectivity index (χ1n) is 5.74. The van der Waals surface area contributed by atoms with E-state index in [4.69, 9.17) is 4.74 Å². The maximum absolute atomic E-state index is 5.52. The number of nitrogens with one attached hydrogen (secondary N) is 1. The van der Waals surface area contributed by atoms with Crippen molar-refractivity contribution in [1.29, 1.82) is 0 Å². The Kier molecular flexibility index (Phi) is 4.00. The van der Waals surface area contributed by atoms with Gasteiger partial charge in [-0.25, -0.2) is 0 Å². The van der Waals surface area contributed by atoms with E-state index in [1.165, 1.54) is 16.3 Å². The minimum absolute atomic E-state index is 0. The van der Waals surface area contributed by atoms with Gasteiger partial charge >= 0.3 is 0 Å². The maximum atomic E-state index is 5.52. The lowest BCUT2D eigenvalue weighted by molar-refractivity contribution is 0.0773. The van der Waals surface area contributed by atoms with Crippen LogP contribution in [0.2, 0.25) is 0 Å². The topological polar surface area (TPSA) is 21.3 Å². The van der Waals surface area contributed by atoms with Gasteiger partial charge in [0.1, 0.15) is 0 Å². The van der Waals surface area contributed by atoms with Crippen molar-refractivity contribution in [2.24, 2.45) is 0 Å². The zero-order valence-electron chi connectivity index (χ0n) is 9.56. The summed E-state index contributed by atoms with van der Waals surface area (Å²) in [4.78, 5) is 0. The second kappa shape index (κ2) is 5.50. The van der Waals surface area contributed by atoms with Gasteiger partial charge in [-0.2, -0.15) is 0 Å². The van der Waals surface area contributed by atoms with E-state index in [0.717, 1.165) is 19.8 Å². The highest BCUT2D eigenvalue weighted by Gasteiger charge is 2.16. The molecule has 0 aliphatic carbocycles. The summed E-state index contributed by atoms with van der Waals surface area (Å²) in [6.07, 6.45) is 0. The van der Waals surface area contributed by atoms with Gasteiger partial charge in [0.15, 0.2) is 0 Å². The quantitative estimate of drug-likeness (QED) is 0.839. The molecule has 3 rings (SSSR count). The second-order valence-electron chi connectivity index (χ2n) is 4.15. The van der Waals surface area contributed by atoms with Crippen molar-refractivity contribution in [2.75, 3.05) is 19.8 Å². The Balaban J connectivity index is 0.00000108. The standard InChI is InChI=1S/C14H15NO.ClH/c1-2-6-12-11(4-1)5-3-7-13(12)14-10-16-9-8-15-14;/h1-7,14-15H,8-10H2;1H/t14-;/m0./s1. The smallest absolute Gasteiger partial charge is 0.0662 e. The largest absolute Gasteiger partial charge is 0.378 e. The Labute approximate surface area is 107 Å². The molecule has 0 radical (unpaired) electrons. The molecule has 1 fully saturated rings. The maximum Gasteiger partial charge on any atom is 0.0662 e. The van der Waals surface area contributed by atoms with Gasteiger partial charge in [0.05, 0.1) is 19.3 Å². The van der Waals surface area contributed by atoms with E-state index in [0.29, 0.717) is 6.04 Å². The molecule has 0 saturated carbocycles. The van der Waals surface area contributed by atoms with Gasteiger partial charge in [-0.05, 0) is 16.3 Å². The monoisotopic (exact) mass is 249 g/mol. The van der Waals surface area contributed by atoms with Crippen LogP contribution in [0, 0.1) is 0 Å². The molecule has 1 aliphatic heterocycles. The minimum Gasteiger partial charge on any atom is -0.378 e. The predicted octanol–water partition coefficient (Wildman–Crippen LogP) is 2.92. The van der Waals surface area contributed by atoms with E-state index in [1.54, 1.807) is 0 Å². The lowest BCUT2D eigenvalue weighted by Gasteiger charge is -2.25. The molecular formula is C14H16ClNO. The molecule has 2 aromatic carbocycles. The molecule has 90 valence electrons. The van der Waals surface area contributed by atoms with Crippen molar-refractivity contribution < 1.29 is 4.74 Å². The first kappa shape index (κ1) is 12.4. The van der Waals surface area contributed by atoms with E-state index in [-0.39, 0.29) is 12.4 Å². The van der Waals surface area contributed by atoms with Crippen LogP contribution >= 0.6 is 12.4 Å². The highest BCUT2D eigenvalue weighted by atomic mass is 35.5. The van der Waals surface area contributed by atoms with E-state index >= 15 is 0 Å². The van der Waals surface area contributed by atoms with Crippen LogP contribution in [0.15, 0.2) is 42.5 Å². The molecular weight excluding hydrogens is 234 g/mol. The lowest BCUT2D eigenvalue weighted by atomic mass is 9.99. The zero-order valence-corrected chi connectivity index (χ0v) is 10.4. The Morgan fingerprint density at radius 1 is 1.06 bits per heavy atom. The Morgan fingerprint density at radius 2 is 1.88 bits per heavy atom. The van der Waals surface area contributed by atoms with Crippen molar-refractivity contribution in [3.8, 4) is 0 Å². The van der Waals surface area contributed by atoms with Crippen LogP contribution in [-0.4, -0.2) is 19.8 Å². The molecule has 0 spiro atoms. The number of hydrogen-bond donors (Lipinski definition) is 1. The normalized spacial score (nSPS) is 19.9. The third kappa shape index (κ3) is 2.44. The van der Waals surface area contributed by atoms with Crippen LogP contribution in [0.3, 0.4) is 0 Å². The molecule has 0 bridgehead atoms. The first-order valence-corrected chi connectivity index (χ1v) is 5.74. The fourth-order valence-corrected chi connectivity index (χ4v) is 2.32. The van der Waals surface area contributed by atoms with E-state index < -0.39 is 0 Å². The highest BCUT2D eigenvalue weighted by Crippen LogP contribution is 2.25. The van der Waals surface area contributed by atoms with Crippen LogP contribution in [0.25, 0.3) is 10.8 Å². The molecule has 1 heterocycles. The third-order valence-electron chi connectivity index (χ3n) is 3.12. The summed E-state index contributed by atoms with van der Waals surface area (Å²) in [7, 11) is 0. The van der Waals surface area contributed by atoms with Gasteiger partial charge < -0.3 is 10.1 Å². The summed E-state index contributed by atoms with van der Waals surface area (Å²) in [6, 6.07) is 15.3. The van der Waals surface area contributed by atoms with Crippen molar-refractivity contribution in [1.82, 2.24) is 5.32 Å². The summed E-state index contributed by atoms with van der Waals surface area (Å²) >= 11 is 0. The third-order valence-corrected chi connectivity index (χ3v) is 3.12. The summed E-state index contributed by atoms with van der Waals surface area (Å²) < 4.78 is 5.52. The molecule has 0 aromatic heterocycles. The number of benzene rings is 2. The average Bonchev–Trinajstić information content (AvgIpc) is 2.39. The minimum atomic E-state index is 0. The van der Waals surface area contributed by atoms with E-state index in [2.05, 4.69) is 47.8 Å². The van der Waals surface area contributed by atoms with Crippen molar-refractivity contribution >= 4 is 23.2 Å². The summed E-state index contributed by atoms with van der Waals surface area (Å²) in [5.74, 6) is 0. The number of hydrogen-bond acceptors (Lipinski definition) is 2. The predicted molar refractivity (Wildman–Crippen MR) is 72.8 cm³/mol. The average molecular weight is 250 g/mol. The van der Waals surface area contributed by atoms with Crippen LogP contribution in [-0.2, 0) is 4.74 Å². The van der Waals surface area contributed by atoms with E-state index in [9.17, 15) is 0 Å². The zero-order chi connectivity index (χ0) is 10.8. The molecule has 0 unspecified atom stereocenters. The molecule has 1 saturated heterocycles. The molecule has 3 heteroatoms. The van der Waals surface area contributed by atoms with Gasteiger partial charge in [0.25, 0.3) is 0 Å². The molecule has 2 nitrogen and oxygen atoms in total. The Hall–Kier alpha value is -1.09. The van der Waals surface area contributed by atoms with Crippen LogP contribution < -0.4 is 5.32 Å². The molecule has 1 aliphatic rings. The fraction of sp³-hybridized carbons (Fsp3) is 0.286. The van der Waals surface area contributed by atoms with Crippen molar-refractivity contribution in [2.45, 2.75) is 6.04 Å². The molecule has 1 atom stereocenters. The molecule has 2 aromatic rings. The number of halogens is 1. The van der Waals surface area contributed by atoms with Gasteiger partial charge in [-0.3, -0.25) is 0 Å². The van der Waals surface area contributed by atoms with Gasteiger partial charge in [0, 0.05) is 6.54 Å². The Morgan fingerprint density at radius 3 is 2.71 bits per heavy atom. The number of rotatable bonds is 1. The number of fused-ring (bicyclic) bond motifs is 1. The van der Waals surface area contributed by atoms with Crippen LogP contribution in [0.4, 0.5) is 0 Å². The lowest BCUT2D eigenvalue weighted by Crippen LogP contribution is -2.34. The summed E-state index contributed by atoms with van der Waals surface area (Å²) in [6.45, 7) is 2.53. The van der Waals surface area contributed by atoms with Gasteiger partial charge in [-0.1, -0.05) is 42.5 Å². The van der Waals surface area contributed by atoms with Crippen LogP contribution in [0.1, 0.15) is 11.6 Å². The number of ether oxygens (including phenoxy) is 1. The van der Waals surface area contributed by atoms with Crippen molar-refractivity contribution in [3.63, 3.8) is 0 Å². The van der Waals surface area contributed by atoms with Gasteiger partial charge in [0.2, 0.25) is 0 Å². The van der Waals surface area contributed by atoms with E-state index in [1.807, 2.05) is 0 Å². The summed E-state index contributed by atoms with van der Waals surface area (Å²) in [5, 5.41) is 6.13. The SMILES string of the molecule is Cl.c1ccc2c([C@@H]3COCCN3)cccc2c1. The van der Waals surface area contributed by atoms with Gasteiger partial charge in [-0.15, -0.1) is 12.4 Å². The molecule has 1 N–H and O–H groups in total. The van der Waals surface area contributed by atoms with Crippen molar-refractivity contribution in [3.05, 3.63) is 48.0 Å². The Bertz CT molecular complexity index is 489. The second-order valence-corrected chi connectivity index (χ2v) is 4.15. The highest BCUT2D eigenvalue weighted by molar-refractivity contribution is 5.86. The summed E-state index contributed by atoms with van der Waals surface area (Å²) in [5.41, 5.74) is 1.35. The molecule has 0 amide bonds. The molecule has 17 heavy (non-hydrogen) atoms. The number of morpholine rings is 1. The van der Waals surface area contributed by atoms with Crippen LogP contribution in [0.5, 0.6) is 0 Å².